The number of pyridine rings is 1. The number of urea groups is 1. The Morgan fingerprint density at radius 3 is 2.63 bits per heavy atom. The van der Waals surface area contributed by atoms with Gasteiger partial charge in [0.25, 0.3) is 0 Å². The monoisotopic (exact) mass is 264 g/mol. The maximum atomic E-state index is 11.5. The molecule has 19 heavy (non-hydrogen) atoms. The predicted molar refractivity (Wildman–Crippen MR) is 72.1 cm³/mol. The highest BCUT2D eigenvalue weighted by atomic mass is 16.2. The lowest BCUT2D eigenvalue weighted by Crippen LogP contribution is -2.36. The first-order valence-corrected chi connectivity index (χ1v) is 6.27. The van der Waals surface area contributed by atoms with Crippen molar-refractivity contribution in [3.63, 3.8) is 0 Å². The van der Waals surface area contributed by atoms with Crippen molar-refractivity contribution < 1.29 is 9.59 Å². The van der Waals surface area contributed by atoms with Crippen LogP contribution in [0, 0.1) is 5.92 Å². The molecular weight excluding hydrogens is 244 g/mol. The molecule has 6 nitrogen and oxygen atoms in total. The van der Waals surface area contributed by atoms with Crippen molar-refractivity contribution in [2.24, 2.45) is 11.7 Å². The summed E-state index contributed by atoms with van der Waals surface area (Å²) in [6, 6.07) is 3.47. The Bertz CT molecular complexity index is 408. The molecule has 1 heterocycles. The number of carbonyl (C=O) groups is 2. The van der Waals surface area contributed by atoms with Gasteiger partial charge in [0.05, 0.1) is 0 Å². The molecule has 1 rings (SSSR count). The molecule has 0 aromatic carbocycles. The maximum Gasteiger partial charge on any atom is 0.315 e. The number of aromatic nitrogens is 1. The van der Waals surface area contributed by atoms with Gasteiger partial charge in [0, 0.05) is 31.9 Å². The Hall–Kier alpha value is -2.11. The SMILES string of the molecule is C[C@@H](CCNC(=O)NCc1ccncc1)CC(N)=O. The molecule has 4 N–H and O–H groups in total. The second kappa shape index (κ2) is 8.07. The van der Waals surface area contributed by atoms with E-state index in [0.717, 1.165) is 12.0 Å². The Labute approximate surface area is 112 Å². The van der Waals surface area contributed by atoms with Gasteiger partial charge in [-0.1, -0.05) is 6.92 Å². The van der Waals surface area contributed by atoms with E-state index in [-0.39, 0.29) is 17.9 Å². The summed E-state index contributed by atoms with van der Waals surface area (Å²) in [6.45, 7) is 2.92. The summed E-state index contributed by atoms with van der Waals surface area (Å²) >= 11 is 0. The zero-order valence-corrected chi connectivity index (χ0v) is 11.1. The van der Waals surface area contributed by atoms with E-state index in [1.807, 2.05) is 19.1 Å². The van der Waals surface area contributed by atoms with Crippen LogP contribution in [0.5, 0.6) is 0 Å². The fraction of sp³-hybridized carbons (Fsp3) is 0.462. The van der Waals surface area contributed by atoms with Gasteiger partial charge in [0.2, 0.25) is 5.91 Å². The van der Waals surface area contributed by atoms with Crippen molar-refractivity contribution in [1.82, 2.24) is 15.6 Å². The van der Waals surface area contributed by atoms with Crippen molar-refractivity contribution in [1.29, 1.82) is 0 Å². The van der Waals surface area contributed by atoms with Crippen molar-refractivity contribution in [3.05, 3.63) is 30.1 Å². The standard InChI is InChI=1S/C13H20N4O2/c1-10(8-12(14)18)2-7-16-13(19)17-9-11-3-5-15-6-4-11/h3-6,10H,2,7-9H2,1H3,(H2,14,18)(H2,16,17,19)/t10-/m0/s1. The van der Waals surface area contributed by atoms with E-state index in [9.17, 15) is 9.59 Å². The lowest BCUT2D eigenvalue weighted by Gasteiger charge is -2.11. The average molecular weight is 264 g/mol. The quantitative estimate of drug-likeness (QED) is 0.679. The molecular formula is C13H20N4O2. The Morgan fingerprint density at radius 1 is 1.32 bits per heavy atom. The molecule has 0 fully saturated rings. The highest BCUT2D eigenvalue weighted by molar-refractivity contribution is 5.74. The zero-order chi connectivity index (χ0) is 14.1. The third-order valence-electron chi connectivity index (χ3n) is 2.67. The highest BCUT2D eigenvalue weighted by Gasteiger charge is 2.06. The van der Waals surface area contributed by atoms with Crippen molar-refractivity contribution in [2.75, 3.05) is 6.54 Å². The van der Waals surface area contributed by atoms with Gasteiger partial charge in [0.15, 0.2) is 0 Å². The smallest absolute Gasteiger partial charge is 0.315 e. The Balaban J connectivity index is 2.13. The van der Waals surface area contributed by atoms with Gasteiger partial charge in [-0.3, -0.25) is 9.78 Å². The molecule has 104 valence electrons. The zero-order valence-electron chi connectivity index (χ0n) is 11.1. The molecule has 0 saturated heterocycles. The van der Waals surface area contributed by atoms with E-state index in [2.05, 4.69) is 15.6 Å². The summed E-state index contributed by atoms with van der Waals surface area (Å²) in [5, 5.41) is 5.48. The summed E-state index contributed by atoms with van der Waals surface area (Å²) in [4.78, 5) is 26.1. The van der Waals surface area contributed by atoms with Gasteiger partial charge < -0.3 is 16.4 Å². The predicted octanol–water partition coefficient (Wildman–Crippen LogP) is 0.782. The second-order valence-corrected chi connectivity index (χ2v) is 4.53. The molecule has 1 aromatic heterocycles. The van der Waals surface area contributed by atoms with E-state index < -0.39 is 0 Å². The van der Waals surface area contributed by atoms with Crippen LogP contribution in [-0.4, -0.2) is 23.5 Å². The van der Waals surface area contributed by atoms with Crippen LogP contribution in [0.25, 0.3) is 0 Å². The number of hydrogen-bond donors (Lipinski definition) is 3. The molecule has 1 atom stereocenters. The molecule has 0 radical (unpaired) electrons. The summed E-state index contributed by atoms with van der Waals surface area (Å²) in [6.07, 6.45) is 4.44. The number of carbonyl (C=O) groups excluding carboxylic acids is 2. The van der Waals surface area contributed by atoms with Crippen LogP contribution >= 0.6 is 0 Å². The topological polar surface area (TPSA) is 97.1 Å². The van der Waals surface area contributed by atoms with E-state index in [1.165, 1.54) is 0 Å². The minimum atomic E-state index is -0.311. The van der Waals surface area contributed by atoms with Crippen LogP contribution in [0.2, 0.25) is 0 Å². The third-order valence-corrected chi connectivity index (χ3v) is 2.67. The number of amides is 3. The summed E-state index contributed by atoms with van der Waals surface area (Å²) in [5.41, 5.74) is 6.09. The lowest BCUT2D eigenvalue weighted by molar-refractivity contribution is -0.118. The number of hydrogen-bond acceptors (Lipinski definition) is 3. The van der Waals surface area contributed by atoms with Gasteiger partial charge in [-0.2, -0.15) is 0 Å². The lowest BCUT2D eigenvalue weighted by atomic mass is 10.0. The van der Waals surface area contributed by atoms with Gasteiger partial charge in [0.1, 0.15) is 0 Å². The van der Waals surface area contributed by atoms with Crippen molar-refractivity contribution in [3.8, 4) is 0 Å². The van der Waals surface area contributed by atoms with E-state index in [0.29, 0.717) is 19.5 Å². The normalized spacial score (nSPS) is 11.6. The highest BCUT2D eigenvalue weighted by Crippen LogP contribution is 2.04. The summed E-state index contributed by atoms with van der Waals surface area (Å²) in [5.74, 6) is -0.132. The number of nitrogens with two attached hydrogens (primary N) is 1. The van der Waals surface area contributed by atoms with Gasteiger partial charge in [-0.05, 0) is 30.0 Å². The molecule has 6 heteroatoms. The molecule has 0 aliphatic heterocycles. The summed E-state index contributed by atoms with van der Waals surface area (Å²) in [7, 11) is 0. The third kappa shape index (κ3) is 7.03. The first kappa shape index (κ1) is 14.9. The average Bonchev–Trinajstić information content (AvgIpc) is 2.36. The van der Waals surface area contributed by atoms with E-state index >= 15 is 0 Å². The number of nitrogens with one attached hydrogen (secondary N) is 2. The van der Waals surface area contributed by atoms with Gasteiger partial charge >= 0.3 is 6.03 Å². The van der Waals surface area contributed by atoms with Crippen LogP contribution in [0.15, 0.2) is 24.5 Å². The largest absolute Gasteiger partial charge is 0.370 e. The van der Waals surface area contributed by atoms with Crippen LogP contribution in [-0.2, 0) is 11.3 Å². The van der Waals surface area contributed by atoms with E-state index in [4.69, 9.17) is 5.73 Å². The molecule has 0 bridgehead atoms. The number of nitrogens with zero attached hydrogens (tertiary/aromatic N) is 1. The molecule has 0 aliphatic rings. The molecule has 0 aliphatic carbocycles. The first-order chi connectivity index (χ1) is 9.08. The minimum absolute atomic E-state index is 0.179. The Kier molecular flexibility index (Phi) is 6.35. The summed E-state index contributed by atoms with van der Waals surface area (Å²) < 4.78 is 0. The first-order valence-electron chi connectivity index (χ1n) is 6.27. The minimum Gasteiger partial charge on any atom is -0.370 e. The fourth-order valence-electron chi connectivity index (χ4n) is 1.62. The maximum absolute atomic E-state index is 11.5. The van der Waals surface area contributed by atoms with Gasteiger partial charge in [-0.25, -0.2) is 4.79 Å². The van der Waals surface area contributed by atoms with Crippen LogP contribution in [0.3, 0.4) is 0 Å². The Morgan fingerprint density at radius 2 is 2.00 bits per heavy atom. The molecule has 0 unspecified atom stereocenters. The molecule has 3 amide bonds. The van der Waals surface area contributed by atoms with E-state index in [1.54, 1.807) is 12.4 Å². The van der Waals surface area contributed by atoms with Crippen molar-refractivity contribution >= 4 is 11.9 Å². The molecule has 1 aromatic rings. The molecule has 0 spiro atoms. The number of primary amides is 1. The second-order valence-electron chi connectivity index (χ2n) is 4.53. The number of rotatable bonds is 7. The van der Waals surface area contributed by atoms with Crippen LogP contribution in [0.1, 0.15) is 25.3 Å². The van der Waals surface area contributed by atoms with Crippen molar-refractivity contribution in [2.45, 2.75) is 26.3 Å². The van der Waals surface area contributed by atoms with Crippen LogP contribution < -0.4 is 16.4 Å². The fourth-order valence-corrected chi connectivity index (χ4v) is 1.62. The van der Waals surface area contributed by atoms with Crippen LogP contribution in [0.4, 0.5) is 4.79 Å². The molecule has 0 saturated carbocycles. The van der Waals surface area contributed by atoms with Gasteiger partial charge in [-0.15, -0.1) is 0 Å².